The maximum absolute atomic E-state index is 5.44. The minimum Gasteiger partial charge on any atom is -0.377 e. The van der Waals surface area contributed by atoms with Crippen molar-refractivity contribution in [1.82, 2.24) is 0 Å². The van der Waals surface area contributed by atoms with Gasteiger partial charge in [-0.05, 0) is 48.2 Å². The van der Waals surface area contributed by atoms with Crippen molar-refractivity contribution in [3.8, 4) is 0 Å². The second-order valence-electron chi connectivity index (χ2n) is 6.26. The van der Waals surface area contributed by atoms with Gasteiger partial charge in [-0.1, -0.05) is 36.4 Å². The fourth-order valence-corrected chi connectivity index (χ4v) is 2.60. The Hall–Kier alpha value is -2.56. The summed E-state index contributed by atoms with van der Waals surface area (Å²) in [5.74, 6) is 0. The van der Waals surface area contributed by atoms with E-state index in [0.717, 1.165) is 24.2 Å². The van der Waals surface area contributed by atoms with Crippen molar-refractivity contribution in [2.45, 2.75) is 12.8 Å². The van der Waals surface area contributed by atoms with Crippen molar-refractivity contribution >= 4 is 11.4 Å². The molecule has 0 bridgehead atoms. The molecule has 4 nitrogen and oxygen atoms in total. The van der Waals surface area contributed by atoms with Crippen LogP contribution in [0, 0.1) is 0 Å². The van der Waals surface area contributed by atoms with Crippen LogP contribution in [-0.4, -0.2) is 33.5 Å². The average molecular weight is 367 g/mol. The topological polar surface area (TPSA) is 33.7 Å². The Morgan fingerprint density at radius 1 is 0.815 bits per heavy atom. The van der Waals surface area contributed by atoms with Gasteiger partial charge in [-0.2, -0.15) is 0 Å². The molecule has 2 rings (SSSR count). The Labute approximate surface area is 163 Å². The lowest BCUT2D eigenvalue weighted by Gasteiger charge is -2.22. The van der Waals surface area contributed by atoms with Gasteiger partial charge in [-0.3, -0.25) is 10.4 Å². The van der Waals surface area contributed by atoms with Gasteiger partial charge in [0.1, 0.15) is 0 Å². The zero-order valence-electron chi connectivity index (χ0n) is 16.2. The van der Waals surface area contributed by atoms with E-state index < -0.39 is 0 Å². The molecule has 0 aliphatic carbocycles. The molecule has 0 aliphatic heterocycles. The molecule has 2 aromatic rings. The predicted molar refractivity (Wildman–Crippen MR) is 114 cm³/mol. The molecule has 4 heteroatoms. The summed E-state index contributed by atoms with van der Waals surface area (Å²) in [6.45, 7) is 9.93. The van der Waals surface area contributed by atoms with Gasteiger partial charge in [0.15, 0.2) is 0 Å². The quantitative estimate of drug-likeness (QED) is 0.318. The Morgan fingerprint density at radius 3 is 1.78 bits per heavy atom. The van der Waals surface area contributed by atoms with Gasteiger partial charge in [-0.25, -0.2) is 0 Å². The van der Waals surface area contributed by atoms with E-state index in [-0.39, 0.29) is 0 Å². The Kier molecular flexibility index (Phi) is 9.18. The van der Waals surface area contributed by atoms with Crippen LogP contribution in [-0.2, 0) is 22.3 Å². The first-order chi connectivity index (χ1) is 13.2. The van der Waals surface area contributed by atoms with Crippen LogP contribution in [0.1, 0.15) is 11.1 Å². The van der Waals surface area contributed by atoms with E-state index in [9.17, 15) is 0 Å². The van der Waals surface area contributed by atoms with Crippen LogP contribution in [0.4, 0.5) is 11.4 Å². The van der Waals surface area contributed by atoms with Crippen LogP contribution in [0.2, 0.25) is 0 Å². The molecular weight excluding hydrogens is 336 g/mol. The van der Waals surface area contributed by atoms with E-state index in [4.69, 9.17) is 9.47 Å². The molecule has 27 heavy (non-hydrogen) atoms. The van der Waals surface area contributed by atoms with Gasteiger partial charge in [0, 0.05) is 7.05 Å². The number of rotatable bonds is 13. The summed E-state index contributed by atoms with van der Waals surface area (Å²) in [6, 6.07) is 16.9. The summed E-state index contributed by atoms with van der Waals surface area (Å²) in [6.07, 6.45) is 5.35. The lowest BCUT2D eigenvalue weighted by Crippen LogP contribution is -2.24. The van der Waals surface area contributed by atoms with E-state index in [1.165, 1.54) is 11.1 Å². The van der Waals surface area contributed by atoms with Crippen LogP contribution >= 0.6 is 0 Å². The first-order valence-electron chi connectivity index (χ1n) is 9.28. The van der Waals surface area contributed by atoms with Gasteiger partial charge >= 0.3 is 0 Å². The fraction of sp³-hybridized carbons (Fsp3) is 0.304. The summed E-state index contributed by atoms with van der Waals surface area (Å²) >= 11 is 0. The molecule has 144 valence electrons. The summed E-state index contributed by atoms with van der Waals surface area (Å²) in [7, 11) is 2.01. The number of benzene rings is 2. The Balaban J connectivity index is 1.80. The first-order valence-corrected chi connectivity index (χ1v) is 9.28. The average Bonchev–Trinajstić information content (AvgIpc) is 2.70. The zero-order chi connectivity index (χ0) is 19.3. The molecule has 0 radical (unpaired) electrons. The highest BCUT2D eigenvalue weighted by molar-refractivity contribution is 5.55. The van der Waals surface area contributed by atoms with Gasteiger partial charge in [0.25, 0.3) is 0 Å². The van der Waals surface area contributed by atoms with Gasteiger partial charge in [-0.15, -0.1) is 13.2 Å². The number of hydrazine groups is 1. The fourth-order valence-electron chi connectivity index (χ4n) is 2.60. The molecule has 0 atom stereocenters. The van der Waals surface area contributed by atoms with E-state index in [0.29, 0.717) is 26.4 Å². The third kappa shape index (κ3) is 7.69. The zero-order valence-corrected chi connectivity index (χ0v) is 16.2. The van der Waals surface area contributed by atoms with Gasteiger partial charge in [0.2, 0.25) is 0 Å². The minimum absolute atomic E-state index is 0.602. The number of ether oxygens (including phenoxy) is 2. The molecule has 0 spiro atoms. The second-order valence-corrected chi connectivity index (χ2v) is 6.26. The lowest BCUT2D eigenvalue weighted by molar-refractivity contribution is 0.166. The minimum atomic E-state index is 0.602. The summed E-state index contributed by atoms with van der Waals surface area (Å²) < 4.78 is 10.9. The van der Waals surface area contributed by atoms with Crippen LogP contribution < -0.4 is 10.4 Å². The number of hydrogen-bond donors (Lipinski definition) is 1. The molecule has 0 heterocycles. The molecular formula is C23H30N2O2. The lowest BCUT2D eigenvalue weighted by atomic mass is 10.1. The van der Waals surface area contributed by atoms with E-state index in [2.05, 4.69) is 67.1 Å². The van der Waals surface area contributed by atoms with Crippen molar-refractivity contribution in [1.29, 1.82) is 0 Å². The molecule has 0 amide bonds. The van der Waals surface area contributed by atoms with Crippen LogP contribution in [0.3, 0.4) is 0 Å². The molecule has 0 unspecified atom stereocenters. The van der Waals surface area contributed by atoms with Crippen molar-refractivity contribution in [2.24, 2.45) is 0 Å². The van der Waals surface area contributed by atoms with Crippen LogP contribution in [0.15, 0.2) is 73.8 Å². The van der Waals surface area contributed by atoms with E-state index >= 15 is 0 Å². The van der Waals surface area contributed by atoms with E-state index in [1.807, 2.05) is 12.1 Å². The summed E-state index contributed by atoms with van der Waals surface area (Å²) in [5, 5.41) is 2.01. The molecule has 0 saturated carbocycles. The number of anilines is 2. The SMILES string of the molecule is C=CCOCCc1ccc(NN(C)c2ccc(CCOCC=C)cc2)cc1. The number of nitrogens with one attached hydrogen (secondary N) is 1. The smallest absolute Gasteiger partial charge is 0.0644 e. The molecule has 0 aliphatic rings. The highest BCUT2D eigenvalue weighted by Gasteiger charge is 2.02. The van der Waals surface area contributed by atoms with Gasteiger partial charge < -0.3 is 9.47 Å². The third-order valence-corrected chi connectivity index (χ3v) is 4.12. The second kappa shape index (κ2) is 11.9. The van der Waals surface area contributed by atoms with Crippen LogP contribution in [0.25, 0.3) is 0 Å². The normalized spacial score (nSPS) is 10.4. The van der Waals surface area contributed by atoms with E-state index in [1.54, 1.807) is 12.2 Å². The highest BCUT2D eigenvalue weighted by atomic mass is 16.5. The Bertz CT molecular complexity index is 681. The van der Waals surface area contributed by atoms with Crippen molar-refractivity contribution in [2.75, 3.05) is 43.9 Å². The highest BCUT2D eigenvalue weighted by Crippen LogP contribution is 2.17. The molecule has 0 saturated heterocycles. The third-order valence-electron chi connectivity index (χ3n) is 4.12. The molecule has 0 aromatic heterocycles. The monoisotopic (exact) mass is 366 g/mol. The predicted octanol–water partition coefficient (Wildman–Crippen LogP) is 4.64. The largest absolute Gasteiger partial charge is 0.377 e. The van der Waals surface area contributed by atoms with Crippen molar-refractivity contribution in [3.63, 3.8) is 0 Å². The summed E-state index contributed by atoms with van der Waals surface area (Å²) in [4.78, 5) is 0. The first kappa shape index (κ1) is 20.7. The van der Waals surface area contributed by atoms with Crippen molar-refractivity contribution < 1.29 is 9.47 Å². The maximum atomic E-state index is 5.44. The maximum Gasteiger partial charge on any atom is 0.0644 e. The number of nitrogens with zero attached hydrogens (tertiary/aromatic N) is 1. The van der Waals surface area contributed by atoms with Gasteiger partial charge in [0.05, 0.1) is 37.8 Å². The van der Waals surface area contributed by atoms with Crippen molar-refractivity contribution in [3.05, 3.63) is 85.0 Å². The molecule has 0 fully saturated rings. The van der Waals surface area contributed by atoms with Crippen LogP contribution in [0.5, 0.6) is 0 Å². The Morgan fingerprint density at radius 2 is 1.30 bits per heavy atom. The number of hydrogen-bond acceptors (Lipinski definition) is 4. The molecule has 1 N–H and O–H groups in total. The standard InChI is InChI=1S/C23H30N2O2/c1-4-16-26-18-14-20-6-10-22(11-7-20)24-25(3)23-12-8-21(9-13-23)15-19-27-17-5-2/h4-13,24H,1-2,14-19H2,3H3. The summed E-state index contributed by atoms with van der Waals surface area (Å²) in [5.41, 5.74) is 8.07. The molecule has 2 aromatic carbocycles.